The molecule has 0 unspecified atom stereocenters. The second-order valence-corrected chi connectivity index (χ2v) is 19.7. The zero-order valence-corrected chi connectivity index (χ0v) is 38.9. The number of aliphatic hydroxyl groups excluding tert-OH is 2. The van der Waals surface area contributed by atoms with E-state index in [1.165, 1.54) is 44.1 Å². The summed E-state index contributed by atoms with van der Waals surface area (Å²) in [6.45, 7) is 2.15. The first kappa shape index (κ1) is 50.1. The molecule has 0 fully saturated rings. The lowest BCUT2D eigenvalue weighted by Crippen LogP contribution is -2.06. The summed E-state index contributed by atoms with van der Waals surface area (Å²) >= 11 is 5.19. The standard InChI is InChI=1S/C23H25O4S2.C19H17S2.C9H10OS.CH4/c1-28-20-6-12-23(13-7-20)29(21-8-2-18(3-9-21)26-16-14-24)22-10-4-19(5-11-22)27-17-15-25;1-20-16-12-14-19(15-13-16)21(17-8-4-2-5-9-17)18-10-6-3-7-11-18;1-7(10)8-3-5-9(11-2)6-4-8;/h2-13,24-25H,14-17H2,1H3;2-15H,1H3;3-6H,1-2H3;1H4/q2*+1;;. The Morgan fingerprint density at radius 1 is 0.435 bits per heavy atom. The number of benzene rings is 7. The van der Waals surface area contributed by atoms with Crippen molar-refractivity contribution in [1.82, 2.24) is 0 Å². The van der Waals surface area contributed by atoms with E-state index in [-0.39, 0.29) is 61.4 Å². The monoisotopic (exact) mass is 920 g/mol. The minimum Gasteiger partial charge on any atom is -0.491 e. The van der Waals surface area contributed by atoms with Crippen LogP contribution in [0.5, 0.6) is 11.5 Å². The summed E-state index contributed by atoms with van der Waals surface area (Å²) in [7, 11) is -0.306. The molecule has 5 nitrogen and oxygen atoms in total. The van der Waals surface area contributed by atoms with Crippen molar-refractivity contribution in [3.8, 4) is 11.5 Å². The van der Waals surface area contributed by atoms with E-state index in [1.807, 2.05) is 54.8 Å². The van der Waals surface area contributed by atoms with Crippen molar-refractivity contribution in [2.45, 2.75) is 58.4 Å². The lowest BCUT2D eigenvalue weighted by Gasteiger charge is -2.11. The van der Waals surface area contributed by atoms with Gasteiger partial charge in [0.05, 0.1) is 35.0 Å². The van der Waals surface area contributed by atoms with Crippen LogP contribution in [0, 0.1) is 0 Å². The molecule has 0 aliphatic rings. The lowest BCUT2D eigenvalue weighted by molar-refractivity contribution is 0.101. The van der Waals surface area contributed by atoms with Crippen LogP contribution in [0.1, 0.15) is 24.7 Å². The molecule has 0 amide bonds. The van der Waals surface area contributed by atoms with Crippen LogP contribution in [0.2, 0.25) is 0 Å². The first-order valence-corrected chi connectivity index (χ1v) is 25.7. The molecule has 0 saturated carbocycles. The molecule has 7 rings (SSSR count). The average Bonchev–Trinajstić information content (AvgIpc) is 3.33. The zero-order chi connectivity index (χ0) is 43.2. The van der Waals surface area contributed by atoms with Gasteiger partial charge in [0.2, 0.25) is 0 Å². The van der Waals surface area contributed by atoms with E-state index >= 15 is 0 Å². The van der Waals surface area contributed by atoms with Gasteiger partial charge in [0.25, 0.3) is 0 Å². The molecule has 0 radical (unpaired) electrons. The first-order valence-electron chi connectivity index (χ1n) is 19.6. The Labute approximate surface area is 387 Å². The Morgan fingerprint density at radius 3 is 0.984 bits per heavy atom. The first-order chi connectivity index (χ1) is 29.9. The fraction of sp³-hybridized carbons (Fsp3) is 0.173. The average molecular weight is 921 g/mol. The maximum absolute atomic E-state index is 10.8. The third-order valence-corrected chi connectivity index (χ3v) is 15.6. The largest absolute Gasteiger partial charge is 0.491 e. The predicted octanol–water partition coefficient (Wildman–Crippen LogP) is 13.0. The summed E-state index contributed by atoms with van der Waals surface area (Å²) < 4.78 is 11.0. The van der Waals surface area contributed by atoms with Gasteiger partial charge in [0.15, 0.2) is 35.2 Å². The number of Topliss-reactive ketones (excluding diaryl/α,β-unsaturated/α-hetero) is 1. The van der Waals surface area contributed by atoms with Gasteiger partial charge in [-0.05, 0) is 159 Å². The molecule has 0 saturated heterocycles. The van der Waals surface area contributed by atoms with E-state index in [0.29, 0.717) is 0 Å². The molecule has 0 spiro atoms. The normalized spacial score (nSPS) is 10.5. The molecule has 322 valence electrons. The van der Waals surface area contributed by atoms with Gasteiger partial charge < -0.3 is 19.7 Å². The van der Waals surface area contributed by atoms with E-state index < -0.39 is 0 Å². The topological polar surface area (TPSA) is 76.0 Å². The number of rotatable bonds is 16. The number of carbonyl (C=O) groups is 1. The number of thioether (sulfide) groups is 3. The van der Waals surface area contributed by atoms with Crippen molar-refractivity contribution in [2.24, 2.45) is 0 Å². The van der Waals surface area contributed by atoms with Crippen molar-refractivity contribution in [3.63, 3.8) is 0 Å². The SMILES string of the molecule is C.CSc1ccc(C(C)=O)cc1.CSc1ccc([S+](c2ccc(OCCO)cc2)c2ccc(OCCO)cc2)cc1.CSc1ccc([S+](c2ccccc2)c2ccccc2)cc1. The van der Waals surface area contributed by atoms with Crippen molar-refractivity contribution >= 4 is 62.9 Å². The number of hydrogen-bond donors (Lipinski definition) is 2. The Hall–Kier alpha value is -4.52. The highest BCUT2D eigenvalue weighted by atomic mass is 32.2. The van der Waals surface area contributed by atoms with Crippen molar-refractivity contribution in [1.29, 1.82) is 0 Å². The fourth-order valence-corrected chi connectivity index (χ4v) is 11.2. The number of ketones is 1. The molecule has 10 heteroatoms. The quantitative estimate of drug-likeness (QED) is 0.0564. The Morgan fingerprint density at radius 2 is 0.710 bits per heavy atom. The summed E-state index contributed by atoms with van der Waals surface area (Å²) in [6, 6.07) is 62.8. The number of ether oxygens (including phenoxy) is 2. The highest BCUT2D eigenvalue weighted by Crippen LogP contribution is 2.35. The van der Waals surface area contributed by atoms with Gasteiger partial charge >= 0.3 is 0 Å². The van der Waals surface area contributed by atoms with Crippen LogP contribution in [0.15, 0.2) is 226 Å². The van der Waals surface area contributed by atoms with Crippen LogP contribution >= 0.6 is 35.3 Å². The minimum atomic E-state index is -0.272. The third-order valence-electron chi connectivity index (χ3n) is 8.88. The number of aliphatic hydroxyl groups is 2. The van der Waals surface area contributed by atoms with Crippen LogP contribution in [-0.2, 0) is 21.8 Å². The zero-order valence-electron chi connectivity index (χ0n) is 34.8. The summed E-state index contributed by atoms with van der Waals surface area (Å²) in [4.78, 5) is 22.3. The Bertz CT molecular complexity index is 2200. The van der Waals surface area contributed by atoms with Crippen LogP contribution in [0.25, 0.3) is 0 Å². The van der Waals surface area contributed by atoms with Gasteiger partial charge in [-0.15, -0.1) is 35.3 Å². The Balaban J connectivity index is 0.000000223. The van der Waals surface area contributed by atoms with Gasteiger partial charge in [0, 0.05) is 20.2 Å². The molecule has 0 aromatic heterocycles. The molecule has 0 bridgehead atoms. The number of carbonyl (C=O) groups excluding carboxylic acids is 1. The predicted molar refractivity (Wildman–Crippen MR) is 267 cm³/mol. The maximum Gasteiger partial charge on any atom is 0.166 e. The number of hydrogen-bond acceptors (Lipinski definition) is 8. The summed E-state index contributed by atoms with van der Waals surface area (Å²) in [5.74, 6) is 1.62. The second kappa shape index (κ2) is 27.5. The van der Waals surface area contributed by atoms with Gasteiger partial charge in [-0.25, -0.2) is 0 Å². The summed E-state index contributed by atoms with van der Waals surface area (Å²) in [6.07, 6.45) is 6.21. The molecule has 0 aliphatic carbocycles. The second-order valence-electron chi connectivity index (χ2n) is 13.0. The lowest BCUT2D eigenvalue weighted by atomic mass is 10.2. The van der Waals surface area contributed by atoms with Crippen molar-refractivity contribution in [2.75, 3.05) is 45.2 Å². The minimum absolute atomic E-state index is 0. The van der Waals surface area contributed by atoms with Gasteiger partial charge in [-0.2, -0.15) is 0 Å². The van der Waals surface area contributed by atoms with Crippen LogP contribution in [0.4, 0.5) is 0 Å². The molecule has 0 atom stereocenters. The molecule has 0 heterocycles. The van der Waals surface area contributed by atoms with E-state index in [9.17, 15) is 4.79 Å². The molecular weight excluding hydrogens is 865 g/mol. The van der Waals surface area contributed by atoms with Crippen LogP contribution < -0.4 is 9.47 Å². The van der Waals surface area contributed by atoms with E-state index in [2.05, 4.69) is 146 Å². The molecule has 7 aromatic rings. The van der Waals surface area contributed by atoms with Crippen LogP contribution in [0.3, 0.4) is 0 Å². The van der Waals surface area contributed by atoms with Crippen molar-refractivity contribution < 1.29 is 24.5 Å². The molecule has 2 N–H and O–H groups in total. The third kappa shape index (κ3) is 15.4. The molecule has 62 heavy (non-hydrogen) atoms. The Kier molecular flexibility index (Phi) is 22.3. The van der Waals surface area contributed by atoms with E-state index in [0.717, 1.165) is 17.1 Å². The van der Waals surface area contributed by atoms with Crippen molar-refractivity contribution in [3.05, 3.63) is 188 Å². The van der Waals surface area contributed by atoms with Gasteiger partial charge in [-0.3, -0.25) is 4.79 Å². The van der Waals surface area contributed by atoms with E-state index in [1.54, 1.807) is 42.2 Å². The summed E-state index contributed by atoms with van der Waals surface area (Å²) in [5.41, 5.74) is 0.780. The molecule has 7 aromatic carbocycles. The van der Waals surface area contributed by atoms with Gasteiger partial charge in [0.1, 0.15) is 24.7 Å². The molecule has 0 aliphatic heterocycles. The van der Waals surface area contributed by atoms with Crippen LogP contribution in [-0.4, -0.2) is 61.2 Å². The van der Waals surface area contributed by atoms with E-state index in [4.69, 9.17) is 19.7 Å². The highest BCUT2D eigenvalue weighted by molar-refractivity contribution is 7.99. The smallest absolute Gasteiger partial charge is 0.166 e. The van der Waals surface area contributed by atoms with Gasteiger partial charge in [-0.1, -0.05) is 56.0 Å². The maximum atomic E-state index is 10.8. The molecular formula is C52H56O5S5+2. The fourth-order valence-electron chi connectivity index (χ4n) is 5.85. The highest BCUT2D eigenvalue weighted by Gasteiger charge is 2.29. The summed E-state index contributed by atoms with van der Waals surface area (Å²) in [5, 5.41) is 17.9.